The summed E-state index contributed by atoms with van der Waals surface area (Å²) in [5, 5.41) is 0. The molecule has 100 valence electrons. The second-order valence-electron chi connectivity index (χ2n) is 4.82. The molecule has 2 aromatic carbocycles. The number of benzene rings is 2. The van der Waals surface area contributed by atoms with E-state index in [0.29, 0.717) is 0 Å². The van der Waals surface area contributed by atoms with Gasteiger partial charge in [-0.1, -0.05) is 37.9 Å². The first-order valence-electron chi connectivity index (χ1n) is 6.07. The van der Waals surface area contributed by atoms with Crippen LogP contribution < -0.4 is 0 Å². The van der Waals surface area contributed by atoms with Crippen LogP contribution in [0.3, 0.4) is 0 Å². The average molecular weight is 386 g/mol. The van der Waals surface area contributed by atoms with Gasteiger partial charge in [-0.2, -0.15) is 0 Å². The van der Waals surface area contributed by atoms with E-state index in [2.05, 4.69) is 50.9 Å². The van der Waals surface area contributed by atoms with E-state index in [1.807, 2.05) is 19.9 Å². The summed E-state index contributed by atoms with van der Waals surface area (Å²) in [6.07, 6.45) is 0. The summed E-state index contributed by atoms with van der Waals surface area (Å²) in [7, 11) is 0. The molecule has 0 aromatic heterocycles. The van der Waals surface area contributed by atoms with Gasteiger partial charge in [-0.25, -0.2) is 4.39 Å². The lowest BCUT2D eigenvalue weighted by atomic mass is 9.94. The third-order valence-electron chi connectivity index (χ3n) is 3.33. The first kappa shape index (κ1) is 14.7. The number of hydrogen-bond donors (Lipinski definition) is 0. The largest absolute Gasteiger partial charge is 0.207 e. The van der Waals surface area contributed by atoms with Crippen molar-refractivity contribution in [3.63, 3.8) is 0 Å². The minimum Gasteiger partial charge on any atom is -0.207 e. The molecule has 0 radical (unpaired) electrons. The molecule has 2 rings (SSSR count). The monoisotopic (exact) mass is 384 g/mol. The van der Waals surface area contributed by atoms with E-state index >= 15 is 0 Å². The van der Waals surface area contributed by atoms with Gasteiger partial charge in [-0.15, -0.1) is 0 Å². The van der Waals surface area contributed by atoms with E-state index in [1.165, 1.54) is 11.1 Å². The minimum absolute atomic E-state index is 0.0746. The lowest BCUT2D eigenvalue weighted by molar-refractivity contribution is 0.624. The molecule has 0 fully saturated rings. The van der Waals surface area contributed by atoms with Crippen LogP contribution in [0.2, 0.25) is 0 Å². The van der Waals surface area contributed by atoms with Gasteiger partial charge in [0.05, 0.1) is 4.83 Å². The topological polar surface area (TPSA) is 0 Å². The second-order valence-corrected chi connectivity index (χ2v) is 6.65. The molecule has 19 heavy (non-hydrogen) atoms. The van der Waals surface area contributed by atoms with E-state index in [-0.39, 0.29) is 10.6 Å². The van der Waals surface area contributed by atoms with Crippen LogP contribution in [-0.4, -0.2) is 0 Å². The molecule has 0 spiro atoms. The van der Waals surface area contributed by atoms with Crippen LogP contribution in [0, 0.1) is 26.6 Å². The fourth-order valence-electron chi connectivity index (χ4n) is 2.36. The predicted molar refractivity (Wildman–Crippen MR) is 85.5 cm³/mol. The zero-order valence-electron chi connectivity index (χ0n) is 11.1. The normalized spacial score (nSPS) is 12.5. The van der Waals surface area contributed by atoms with Gasteiger partial charge in [-0.05, 0) is 72.9 Å². The first-order chi connectivity index (χ1) is 8.90. The molecule has 0 nitrogen and oxygen atoms in total. The SMILES string of the molecule is Cc1ccc(Br)cc1C(Br)c1c(C)cc(F)cc1C. The predicted octanol–water partition coefficient (Wildman–Crippen LogP) is 6.00. The third-order valence-corrected chi connectivity index (χ3v) is 4.77. The molecule has 0 aliphatic rings. The number of aryl methyl sites for hydroxylation is 3. The van der Waals surface area contributed by atoms with Crippen molar-refractivity contribution in [1.29, 1.82) is 0 Å². The molecule has 0 N–H and O–H groups in total. The summed E-state index contributed by atoms with van der Waals surface area (Å²) in [6.45, 7) is 5.99. The van der Waals surface area contributed by atoms with Crippen molar-refractivity contribution in [1.82, 2.24) is 0 Å². The molecule has 0 amide bonds. The molecule has 0 aliphatic carbocycles. The van der Waals surface area contributed by atoms with Crippen LogP contribution in [0.25, 0.3) is 0 Å². The van der Waals surface area contributed by atoms with Gasteiger partial charge >= 0.3 is 0 Å². The summed E-state index contributed by atoms with van der Waals surface area (Å²) in [5.74, 6) is -0.176. The summed E-state index contributed by atoms with van der Waals surface area (Å²) >= 11 is 7.27. The van der Waals surface area contributed by atoms with Gasteiger partial charge < -0.3 is 0 Å². The minimum atomic E-state index is -0.176. The van der Waals surface area contributed by atoms with E-state index in [9.17, 15) is 4.39 Å². The Bertz CT molecular complexity index is 597. The van der Waals surface area contributed by atoms with E-state index in [1.54, 1.807) is 12.1 Å². The molecule has 0 saturated heterocycles. The van der Waals surface area contributed by atoms with Crippen molar-refractivity contribution in [3.8, 4) is 0 Å². The second kappa shape index (κ2) is 5.76. The Labute approximate surface area is 130 Å². The quantitative estimate of drug-likeness (QED) is 0.556. The third kappa shape index (κ3) is 3.09. The lowest BCUT2D eigenvalue weighted by Crippen LogP contribution is -2.02. The number of hydrogen-bond acceptors (Lipinski definition) is 0. The zero-order valence-corrected chi connectivity index (χ0v) is 14.3. The maximum Gasteiger partial charge on any atom is 0.123 e. The zero-order chi connectivity index (χ0) is 14.2. The Hall–Kier alpha value is -0.670. The van der Waals surface area contributed by atoms with Crippen LogP contribution in [0.15, 0.2) is 34.8 Å². The number of rotatable bonds is 2. The summed E-state index contributed by atoms with van der Waals surface area (Å²) < 4.78 is 14.4. The molecular formula is C16H15Br2F. The molecular weight excluding hydrogens is 371 g/mol. The van der Waals surface area contributed by atoms with Gasteiger partial charge in [0.1, 0.15) is 5.82 Å². The van der Waals surface area contributed by atoms with Gasteiger partial charge in [-0.3, -0.25) is 0 Å². The van der Waals surface area contributed by atoms with Gasteiger partial charge in [0.2, 0.25) is 0 Å². The standard InChI is InChI=1S/C16H15Br2F/c1-9-4-5-12(17)8-14(9)16(18)15-10(2)6-13(19)7-11(15)3/h4-8,16H,1-3H3. The van der Waals surface area contributed by atoms with E-state index < -0.39 is 0 Å². The Kier molecular flexibility index (Phi) is 4.46. The Balaban J connectivity index is 2.56. The highest BCUT2D eigenvalue weighted by Gasteiger charge is 2.18. The van der Waals surface area contributed by atoms with Crippen molar-refractivity contribution < 1.29 is 4.39 Å². The number of halogens is 3. The molecule has 1 unspecified atom stereocenters. The molecule has 0 heterocycles. The maximum absolute atomic E-state index is 13.4. The Morgan fingerprint density at radius 1 is 0.947 bits per heavy atom. The van der Waals surface area contributed by atoms with Gasteiger partial charge in [0.25, 0.3) is 0 Å². The number of alkyl halides is 1. The van der Waals surface area contributed by atoms with E-state index in [4.69, 9.17) is 0 Å². The molecule has 1 atom stereocenters. The molecule has 0 saturated carbocycles. The molecule has 2 aromatic rings. The van der Waals surface area contributed by atoms with Gasteiger partial charge in [0.15, 0.2) is 0 Å². The lowest BCUT2D eigenvalue weighted by Gasteiger charge is -2.19. The van der Waals surface area contributed by atoms with Crippen molar-refractivity contribution in [2.24, 2.45) is 0 Å². The fraction of sp³-hybridized carbons (Fsp3) is 0.250. The smallest absolute Gasteiger partial charge is 0.123 e. The van der Waals surface area contributed by atoms with Crippen LogP contribution in [0.5, 0.6) is 0 Å². The average Bonchev–Trinajstić information content (AvgIpc) is 2.30. The maximum atomic E-state index is 13.4. The van der Waals surface area contributed by atoms with Crippen molar-refractivity contribution in [2.45, 2.75) is 25.6 Å². The Morgan fingerprint density at radius 3 is 2.11 bits per heavy atom. The summed E-state index contributed by atoms with van der Waals surface area (Å²) in [5.41, 5.74) is 5.50. The van der Waals surface area contributed by atoms with Gasteiger partial charge in [0, 0.05) is 4.47 Å². The first-order valence-corrected chi connectivity index (χ1v) is 7.77. The van der Waals surface area contributed by atoms with Crippen LogP contribution in [0.4, 0.5) is 4.39 Å². The highest BCUT2D eigenvalue weighted by molar-refractivity contribution is 9.10. The van der Waals surface area contributed by atoms with Crippen molar-refractivity contribution in [2.75, 3.05) is 0 Å². The highest BCUT2D eigenvalue weighted by atomic mass is 79.9. The molecule has 3 heteroatoms. The van der Waals surface area contributed by atoms with Crippen molar-refractivity contribution in [3.05, 3.63) is 68.4 Å². The van der Waals surface area contributed by atoms with Crippen molar-refractivity contribution >= 4 is 31.9 Å². The van der Waals surface area contributed by atoms with Crippen LogP contribution in [-0.2, 0) is 0 Å². The fourth-order valence-corrected chi connectivity index (χ4v) is 3.96. The summed E-state index contributed by atoms with van der Waals surface area (Å²) in [6, 6.07) is 9.40. The summed E-state index contributed by atoms with van der Waals surface area (Å²) in [4.78, 5) is 0.0746. The molecule has 0 bridgehead atoms. The molecule has 0 aliphatic heterocycles. The highest BCUT2D eigenvalue weighted by Crippen LogP contribution is 2.37. The Morgan fingerprint density at radius 2 is 1.53 bits per heavy atom. The van der Waals surface area contributed by atoms with E-state index in [0.717, 1.165) is 21.2 Å². The van der Waals surface area contributed by atoms with Crippen LogP contribution >= 0.6 is 31.9 Å². The van der Waals surface area contributed by atoms with Crippen LogP contribution in [0.1, 0.15) is 32.6 Å².